The van der Waals surface area contributed by atoms with Gasteiger partial charge < -0.3 is 11.1 Å². The molecule has 0 aromatic carbocycles. The molecule has 2 amide bonds. The highest BCUT2D eigenvalue weighted by atomic mass is 32.2. The second-order valence-electron chi connectivity index (χ2n) is 3.77. The second kappa shape index (κ2) is 5.71. The summed E-state index contributed by atoms with van der Waals surface area (Å²) in [5.74, 6) is -0.147. The van der Waals surface area contributed by atoms with Crippen LogP contribution in [0.3, 0.4) is 0 Å². The molecule has 0 aliphatic heterocycles. The third-order valence-electron chi connectivity index (χ3n) is 2.15. The number of carbonyl (C=O) groups excluding carboxylic acids is 1. The van der Waals surface area contributed by atoms with Crippen molar-refractivity contribution in [2.45, 2.75) is 24.7 Å². The first-order chi connectivity index (χ1) is 8.36. The molecule has 18 heavy (non-hydrogen) atoms. The summed E-state index contributed by atoms with van der Waals surface area (Å²) in [5, 5.41) is 6.14. The fourth-order valence-corrected chi connectivity index (χ4v) is 2.32. The van der Waals surface area contributed by atoms with Gasteiger partial charge in [-0.1, -0.05) is 13.3 Å². The lowest BCUT2D eigenvalue weighted by Crippen LogP contribution is -2.39. The number of urea groups is 1. The van der Waals surface area contributed by atoms with Crippen LogP contribution in [0.4, 0.5) is 10.6 Å². The molecule has 0 aliphatic rings. The highest BCUT2D eigenvalue weighted by Gasteiger charge is 2.22. The van der Waals surface area contributed by atoms with Crippen LogP contribution in [0.15, 0.2) is 11.1 Å². The van der Waals surface area contributed by atoms with E-state index < -0.39 is 16.1 Å². The molecular weight excluding hydrogens is 258 g/mol. The maximum Gasteiger partial charge on any atom is 0.328 e. The van der Waals surface area contributed by atoms with E-state index in [0.717, 1.165) is 12.8 Å². The first-order valence-corrected chi connectivity index (χ1v) is 6.95. The Hall–Kier alpha value is -1.77. The Balaban J connectivity index is 2.71. The molecule has 1 aromatic heterocycles. The number of nitrogens with one attached hydrogen (secondary N) is 2. The minimum atomic E-state index is -3.98. The lowest BCUT2D eigenvalue weighted by molar-refractivity contribution is 0.245. The Morgan fingerprint density at radius 1 is 1.56 bits per heavy atom. The van der Waals surface area contributed by atoms with Crippen molar-refractivity contribution in [2.75, 3.05) is 12.3 Å². The van der Waals surface area contributed by atoms with Gasteiger partial charge in [-0.3, -0.25) is 4.68 Å². The van der Waals surface area contributed by atoms with E-state index in [1.807, 2.05) is 11.6 Å². The minimum absolute atomic E-state index is 0.147. The molecule has 0 saturated heterocycles. The molecule has 0 spiro atoms. The fourth-order valence-electron chi connectivity index (χ4n) is 1.28. The smallest absolute Gasteiger partial charge is 0.328 e. The maximum absolute atomic E-state index is 11.8. The van der Waals surface area contributed by atoms with Crippen molar-refractivity contribution in [3.63, 3.8) is 0 Å². The third kappa shape index (κ3) is 3.62. The molecule has 1 rings (SSSR count). The summed E-state index contributed by atoms with van der Waals surface area (Å²) in [6.07, 6.45) is 2.92. The van der Waals surface area contributed by atoms with Crippen LogP contribution in [-0.4, -0.2) is 30.8 Å². The molecule has 0 radical (unpaired) electrons. The molecule has 1 heterocycles. The SMILES string of the molecule is CCCCNC(=O)NS(=O)(=O)c1cn(C)nc1N. The molecule has 0 saturated carbocycles. The summed E-state index contributed by atoms with van der Waals surface area (Å²) in [6.45, 7) is 2.38. The summed E-state index contributed by atoms with van der Waals surface area (Å²) < 4.78 is 26.7. The van der Waals surface area contributed by atoms with Crippen molar-refractivity contribution in [3.05, 3.63) is 6.20 Å². The summed E-state index contributed by atoms with van der Waals surface area (Å²) >= 11 is 0. The highest BCUT2D eigenvalue weighted by Crippen LogP contribution is 2.14. The third-order valence-corrected chi connectivity index (χ3v) is 3.50. The number of aromatic nitrogens is 2. The van der Waals surface area contributed by atoms with Gasteiger partial charge in [-0.05, 0) is 6.42 Å². The van der Waals surface area contributed by atoms with Crippen molar-refractivity contribution >= 4 is 21.9 Å². The molecular formula is C9H17N5O3S. The molecule has 0 bridgehead atoms. The van der Waals surface area contributed by atoms with Crippen molar-refractivity contribution in [3.8, 4) is 0 Å². The lowest BCUT2D eigenvalue weighted by Gasteiger charge is -2.06. The molecule has 9 heteroatoms. The van der Waals surface area contributed by atoms with E-state index in [1.54, 1.807) is 0 Å². The number of unbranched alkanes of at least 4 members (excludes halogenated alkanes) is 1. The van der Waals surface area contributed by atoms with Crippen LogP contribution in [0.1, 0.15) is 19.8 Å². The number of sulfonamides is 1. The number of hydrogen-bond acceptors (Lipinski definition) is 5. The molecule has 8 nitrogen and oxygen atoms in total. The molecule has 0 aliphatic carbocycles. The quantitative estimate of drug-likeness (QED) is 0.642. The summed E-state index contributed by atoms with van der Waals surface area (Å²) in [7, 11) is -2.44. The molecule has 4 N–H and O–H groups in total. The standard InChI is InChI=1S/C9H17N5O3S/c1-3-4-5-11-9(15)13-18(16,17)7-6-14(2)12-8(7)10/h6H,3-5H2,1-2H3,(H2,10,12)(H2,11,13,15). The van der Waals surface area contributed by atoms with Crippen LogP contribution in [0, 0.1) is 0 Å². The van der Waals surface area contributed by atoms with E-state index in [-0.39, 0.29) is 10.7 Å². The van der Waals surface area contributed by atoms with Crippen LogP contribution in [-0.2, 0) is 17.1 Å². The Morgan fingerprint density at radius 2 is 2.22 bits per heavy atom. The average molecular weight is 275 g/mol. The number of nitrogens with zero attached hydrogens (tertiary/aromatic N) is 2. The van der Waals surface area contributed by atoms with E-state index >= 15 is 0 Å². The average Bonchev–Trinajstić information content (AvgIpc) is 2.58. The maximum atomic E-state index is 11.8. The van der Waals surface area contributed by atoms with Gasteiger partial charge in [0.1, 0.15) is 4.90 Å². The molecule has 102 valence electrons. The van der Waals surface area contributed by atoms with Crippen molar-refractivity contribution < 1.29 is 13.2 Å². The van der Waals surface area contributed by atoms with Gasteiger partial charge in [0, 0.05) is 19.8 Å². The monoisotopic (exact) mass is 275 g/mol. The van der Waals surface area contributed by atoms with Gasteiger partial charge in [0.05, 0.1) is 0 Å². The van der Waals surface area contributed by atoms with Gasteiger partial charge in [0.25, 0.3) is 10.0 Å². The van der Waals surface area contributed by atoms with Gasteiger partial charge in [0.2, 0.25) is 0 Å². The first-order valence-electron chi connectivity index (χ1n) is 5.46. The van der Waals surface area contributed by atoms with E-state index in [0.29, 0.717) is 6.54 Å². The van der Waals surface area contributed by atoms with Gasteiger partial charge in [0.15, 0.2) is 5.82 Å². The van der Waals surface area contributed by atoms with Crippen LogP contribution in [0.25, 0.3) is 0 Å². The summed E-state index contributed by atoms with van der Waals surface area (Å²) in [5.41, 5.74) is 5.44. The van der Waals surface area contributed by atoms with Gasteiger partial charge in [-0.2, -0.15) is 5.10 Å². The minimum Gasteiger partial charge on any atom is -0.381 e. The number of anilines is 1. The summed E-state index contributed by atoms with van der Waals surface area (Å²) in [6, 6.07) is -0.772. The van der Waals surface area contributed by atoms with Crippen LogP contribution in [0.2, 0.25) is 0 Å². The van der Waals surface area contributed by atoms with E-state index in [9.17, 15) is 13.2 Å². The van der Waals surface area contributed by atoms with Crippen LogP contribution >= 0.6 is 0 Å². The van der Waals surface area contributed by atoms with Gasteiger partial charge >= 0.3 is 6.03 Å². The number of rotatable bonds is 5. The molecule has 0 unspecified atom stereocenters. The normalized spacial score (nSPS) is 11.2. The number of amides is 2. The fraction of sp³-hybridized carbons (Fsp3) is 0.556. The Morgan fingerprint density at radius 3 is 2.72 bits per heavy atom. The zero-order valence-electron chi connectivity index (χ0n) is 10.3. The Bertz CT molecular complexity index is 522. The lowest BCUT2D eigenvalue weighted by atomic mass is 10.3. The number of aryl methyl sites for hydroxylation is 1. The topological polar surface area (TPSA) is 119 Å². The van der Waals surface area contributed by atoms with E-state index in [1.165, 1.54) is 17.9 Å². The zero-order valence-corrected chi connectivity index (χ0v) is 11.1. The van der Waals surface area contributed by atoms with Crippen molar-refractivity contribution in [1.29, 1.82) is 0 Å². The van der Waals surface area contributed by atoms with E-state index in [4.69, 9.17) is 5.73 Å². The molecule has 0 atom stereocenters. The molecule has 1 aromatic rings. The second-order valence-corrected chi connectivity index (χ2v) is 5.42. The predicted molar refractivity (Wildman–Crippen MR) is 66.2 cm³/mol. The predicted octanol–water partition coefficient (Wildman–Crippen LogP) is -0.210. The highest BCUT2D eigenvalue weighted by molar-refractivity contribution is 7.90. The first kappa shape index (κ1) is 14.3. The van der Waals surface area contributed by atoms with Crippen molar-refractivity contribution in [1.82, 2.24) is 19.8 Å². The number of nitrogen functional groups attached to an aromatic ring is 1. The van der Waals surface area contributed by atoms with E-state index in [2.05, 4.69) is 10.4 Å². The van der Waals surface area contributed by atoms with Gasteiger partial charge in [-0.15, -0.1) is 0 Å². The summed E-state index contributed by atoms with van der Waals surface area (Å²) in [4.78, 5) is 11.1. The zero-order chi connectivity index (χ0) is 13.8. The molecule has 0 fully saturated rings. The number of carbonyl (C=O) groups is 1. The van der Waals surface area contributed by atoms with Crippen LogP contribution < -0.4 is 15.8 Å². The van der Waals surface area contributed by atoms with Gasteiger partial charge in [-0.25, -0.2) is 17.9 Å². The number of nitrogens with two attached hydrogens (primary N) is 1. The van der Waals surface area contributed by atoms with Crippen molar-refractivity contribution in [2.24, 2.45) is 7.05 Å². The van der Waals surface area contributed by atoms with Crippen LogP contribution in [0.5, 0.6) is 0 Å². The number of hydrogen-bond donors (Lipinski definition) is 3. The Labute approximate surface area is 106 Å². The Kier molecular flexibility index (Phi) is 4.54. The largest absolute Gasteiger partial charge is 0.381 e.